The summed E-state index contributed by atoms with van der Waals surface area (Å²) in [5.41, 5.74) is 5.21. The summed E-state index contributed by atoms with van der Waals surface area (Å²) in [5.74, 6) is -0.199. The summed E-state index contributed by atoms with van der Waals surface area (Å²) in [6, 6.07) is 13.6. The summed E-state index contributed by atoms with van der Waals surface area (Å²) in [7, 11) is 1.62. The molecule has 0 fully saturated rings. The van der Waals surface area contributed by atoms with E-state index in [1.165, 1.54) is 39.1 Å². The molecule has 1 aromatic heterocycles. The molecule has 0 unspecified atom stereocenters. The van der Waals surface area contributed by atoms with E-state index in [0.29, 0.717) is 15.2 Å². The topological polar surface area (TPSA) is 87.2 Å². The lowest BCUT2D eigenvalue weighted by molar-refractivity contribution is -0.131. The van der Waals surface area contributed by atoms with Gasteiger partial charge in [0.15, 0.2) is 4.34 Å². The molecule has 31 heavy (non-hydrogen) atoms. The van der Waals surface area contributed by atoms with Gasteiger partial charge in [-0.3, -0.25) is 9.59 Å². The first-order valence-electron chi connectivity index (χ1n) is 9.71. The number of nitrogens with one attached hydrogen (secondary N) is 2. The first kappa shape index (κ1) is 22.8. The van der Waals surface area contributed by atoms with Crippen molar-refractivity contribution >= 4 is 51.4 Å². The van der Waals surface area contributed by atoms with Gasteiger partial charge < -0.3 is 15.5 Å². The van der Waals surface area contributed by atoms with E-state index in [-0.39, 0.29) is 24.1 Å². The van der Waals surface area contributed by atoms with Crippen molar-refractivity contribution in [1.82, 2.24) is 15.1 Å². The molecule has 2 amide bonds. The predicted molar refractivity (Wildman–Crippen MR) is 127 cm³/mol. The minimum Gasteiger partial charge on any atom is -0.336 e. The van der Waals surface area contributed by atoms with Gasteiger partial charge in [0.05, 0.1) is 12.3 Å². The van der Waals surface area contributed by atoms with Crippen LogP contribution in [-0.2, 0) is 9.59 Å². The summed E-state index contributed by atoms with van der Waals surface area (Å²) in [6.45, 7) is 6.10. The molecular weight excluding hydrogens is 430 g/mol. The van der Waals surface area contributed by atoms with Gasteiger partial charge in [-0.2, -0.15) is 0 Å². The van der Waals surface area contributed by atoms with E-state index in [9.17, 15) is 9.59 Å². The van der Waals surface area contributed by atoms with Gasteiger partial charge in [0.2, 0.25) is 16.9 Å². The van der Waals surface area contributed by atoms with Crippen molar-refractivity contribution in [3.05, 3.63) is 59.2 Å². The quantitative estimate of drug-likeness (QED) is 0.490. The lowest BCUT2D eigenvalue weighted by Crippen LogP contribution is -2.35. The van der Waals surface area contributed by atoms with Gasteiger partial charge in [0.1, 0.15) is 0 Å². The van der Waals surface area contributed by atoms with Crippen molar-refractivity contribution < 1.29 is 9.59 Å². The number of likely N-dealkylation sites (N-methyl/N-ethyl adjacent to an activating group) is 1. The molecule has 0 radical (unpaired) electrons. The zero-order valence-electron chi connectivity index (χ0n) is 17.9. The smallest absolute Gasteiger partial charge is 0.243 e. The Bertz CT molecular complexity index is 1070. The third-order valence-corrected chi connectivity index (χ3v) is 6.58. The van der Waals surface area contributed by atoms with E-state index in [0.717, 1.165) is 11.3 Å². The molecule has 0 bridgehead atoms. The van der Waals surface area contributed by atoms with Crippen LogP contribution in [0.25, 0.3) is 0 Å². The van der Waals surface area contributed by atoms with E-state index < -0.39 is 0 Å². The Morgan fingerprint density at radius 3 is 2.42 bits per heavy atom. The van der Waals surface area contributed by atoms with Crippen LogP contribution in [0, 0.1) is 20.8 Å². The fourth-order valence-electron chi connectivity index (χ4n) is 2.64. The number of rotatable bonds is 8. The standard InChI is InChI=1S/C22H25N5O2S2/c1-14-5-8-17(9-6-14)23-19(28)12-27(4)20(29)13-30-22-26-25-21(31-22)24-18-10-7-15(2)16(3)11-18/h5-11H,12-13H2,1-4H3,(H,23,28)(H,24,25). The van der Waals surface area contributed by atoms with Crippen LogP contribution in [0.2, 0.25) is 0 Å². The molecule has 162 valence electrons. The van der Waals surface area contributed by atoms with E-state index in [1.54, 1.807) is 7.05 Å². The third kappa shape index (κ3) is 6.80. The van der Waals surface area contributed by atoms with E-state index in [1.807, 2.05) is 37.3 Å². The zero-order valence-corrected chi connectivity index (χ0v) is 19.6. The normalized spacial score (nSPS) is 10.6. The van der Waals surface area contributed by atoms with Gasteiger partial charge >= 0.3 is 0 Å². The summed E-state index contributed by atoms with van der Waals surface area (Å²) in [4.78, 5) is 26.0. The molecule has 0 saturated heterocycles. The second-order valence-electron chi connectivity index (χ2n) is 7.25. The molecular formula is C22H25N5O2S2. The van der Waals surface area contributed by atoms with Crippen molar-refractivity contribution in [2.24, 2.45) is 0 Å². The average molecular weight is 456 g/mol. The molecule has 0 aliphatic carbocycles. The summed E-state index contributed by atoms with van der Waals surface area (Å²) >= 11 is 2.70. The minimum absolute atomic E-state index is 0.0109. The Balaban J connectivity index is 1.45. The highest BCUT2D eigenvalue weighted by Crippen LogP contribution is 2.28. The minimum atomic E-state index is -0.236. The lowest BCUT2D eigenvalue weighted by atomic mass is 10.1. The van der Waals surface area contributed by atoms with Crippen LogP contribution in [0.5, 0.6) is 0 Å². The first-order valence-corrected chi connectivity index (χ1v) is 11.5. The Morgan fingerprint density at radius 1 is 1.00 bits per heavy atom. The summed E-state index contributed by atoms with van der Waals surface area (Å²) in [5, 5.41) is 15.0. The predicted octanol–water partition coefficient (Wildman–Crippen LogP) is 4.40. The second-order valence-corrected chi connectivity index (χ2v) is 9.45. The SMILES string of the molecule is Cc1ccc(NC(=O)CN(C)C(=O)CSc2nnc(Nc3ccc(C)c(C)c3)s2)cc1. The Kier molecular flexibility index (Phi) is 7.64. The number of anilines is 3. The fraction of sp³-hybridized carbons (Fsp3) is 0.273. The molecule has 7 nitrogen and oxygen atoms in total. The van der Waals surface area contributed by atoms with Crippen molar-refractivity contribution in [3.8, 4) is 0 Å². The van der Waals surface area contributed by atoms with E-state index in [4.69, 9.17) is 0 Å². The zero-order chi connectivity index (χ0) is 22.4. The van der Waals surface area contributed by atoms with Crippen LogP contribution < -0.4 is 10.6 Å². The number of amides is 2. The number of aromatic nitrogens is 2. The maximum atomic E-state index is 12.4. The molecule has 0 spiro atoms. The molecule has 0 aliphatic rings. The van der Waals surface area contributed by atoms with Gasteiger partial charge in [-0.25, -0.2) is 0 Å². The summed E-state index contributed by atoms with van der Waals surface area (Å²) < 4.78 is 0.692. The molecule has 0 atom stereocenters. The van der Waals surface area contributed by atoms with Crippen molar-refractivity contribution in [2.75, 3.05) is 30.0 Å². The number of carbonyl (C=O) groups is 2. The largest absolute Gasteiger partial charge is 0.336 e. The Morgan fingerprint density at radius 2 is 1.71 bits per heavy atom. The number of aryl methyl sites for hydroxylation is 3. The molecule has 9 heteroatoms. The van der Waals surface area contributed by atoms with Crippen LogP contribution >= 0.6 is 23.1 Å². The van der Waals surface area contributed by atoms with Gasteiger partial charge in [0.25, 0.3) is 0 Å². The number of carbonyl (C=O) groups excluding carboxylic acids is 2. The van der Waals surface area contributed by atoms with Crippen molar-refractivity contribution in [3.63, 3.8) is 0 Å². The first-order chi connectivity index (χ1) is 14.8. The molecule has 0 aliphatic heterocycles. The number of hydrogen-bond acceptors (Lipinski definition) is 7. The maximum Gasteiger partial charge on any atom is 0.243 e. The molecule has 2 N–H and O–H groups in total. The van der Waals surface area contributed by atoms with E-state index >= 15 is 0 Å². The van der Waals surface area contributed by atoms with E-state index in [2.05, 4.69) is 46.8 Å². The summed E-state index contributed by atoms with van der Waals surface area (Å²) in [6.07, 6.45) is 0. The monoisotopic (exact) mass is 455 g/mol. The van der Waals surface area contributed by atoms with Crippen molar-refractivity contribution in [2.45, 2.75) is 25.1 Å². The molecule has 2 aromatic carbocycles. The molecule has 3 rings (SSSR count). The molecule has 1 heterocycles. The van der Waals surface area contributed by atoms with Crippen molar-refractivity contribution in [1.29, 1.82) is 0 Å². The molecule has 0 saturated carbocycles. The number of hydrogen-bond donors (Lipinski definition) is 2. The third-order valence-electron chi connectivity index (χ3n) is 4.63. The Labute approximate surface area is 190 Å². The van der Waals surface area contributed by atoms with Crippen LogP contribution in [0.15, 0.2) is 46.8 Å². The fourth-order valence-corrected chi connectivity index (χ4v) is 4.35. The Hall–Kier alpha value is -2.91. The highest BCUT2D eigenvalue weighted by Gasteiger charge is 2.15. The highest BCUT2D eigenvalue weighted by atomic mass is 32.2. The highest BCUT2D eigenvalue weighted by molar-refractivity contribution is 8.01. The van der Waals surface area contributed by atoms with Gasteiger partial charge in [-0.05, 0) is 56.2 Å². The average Bonchev–Trinajstić information content (AvgIpc) is 3.18. The van der Waals surface area contributed by atoms with Crippen LogP contribution in [0.1, 0.15) is 16.7 Å². The number of benzene rings is 2. The van der Waals surface area contributed by atoms with Crippen LogP contribution in [0.3, 0.4) is 0 Å². The number of thioether (sulfide) groups is 1. The van der Waals surface area contributed by atoms with Gasteiger partial charge in [-0.15, -0.1) is 10.2 Å². The van der Waals surface area contributed by atoms with Gasteiger partial charge in [-0.1, -0.05) is 46.9 Å². The van der Waals surface area contributed by atoms with Crippen LogP contribution in [-0.4, -0.2) is 46.3 Å². The van der Waals surface area contributed by atoms with Gasteiger partial charge in [0, 0.05) is 18.4 Å². The molecule has 3 aromatic rings. The second kappa shape index (κ2) is 10.4. The lowest BCUT2D eigenvalue weighted by Gasteiger charge is -2.16. The van der Waals surface area contributed by atoms with Crippen LogP contribution in [0.4, 0.5) is 16.5 Å². The number of nitrogens with zero attached hydrogens (tertiary/aromatic N) is 3. The maximum absolute atomic E-state index is 12.4.